The molecule has 0 saturated carbocycles. The minimum Gasteiger partial charge on any atom is -0.462 e. The standard InChI is InChI=1S/C20H27NO3.ClH/c1-3-5-6-7-14-21-15-18-12-13-19(24-18)16-8-10-17(11-9-16)20(22)23-4-2;/h8-13,21H,3-7,14-15H2,1-2H3;1H. The van der Waals surface area contributed by atoms with E-state index in [0.717, 1.165) is 30.2 Å². The monoisotopic (exact) mass is 365 g/mol. The van der Waals surface area contributed by atoms with E-state index in [0.29, 0.717) is 12.2 Å². The third-order valence-corrected chi connectivity index (χ3v) is 3.85. The highest BCUT2D eigenvalue weighted by Crippen LogP contribution is 2.22. The average molecular weight is 366 g/mol. The van der Waals surface area contributed by atoms with Gasteiger partial charge >= 0.3 is 5.97 Å². The Morgan fingerprint density at radius 3 is 2.48 bits per heavy atom. The van der Waals surface area contributed by atoms with Crippen molar-refractivity contribution in [3.63, 3.8) is 0 Å². The summed E-state index contributed by atoms with van der Waals surface area (Å²) in [6.07, 6.45) is 5.04. The fraction of sp³-hybridized carbons (Fsp3) is 0.450. The summed E-state index contributed by atoms with van der Waals surface area (Å²) in [7, 11) is 0. The van der Waals surface area contributed by atoms with Gasteiger partial charge in [0.1, 0.15) is 11.5 Å². The molecule has 0 unspecified atom stereocenters. The van der Waals surface area contributed by atoms with Crippen molar-refractivity contribution in [2.24, 2.45) is 0 Å². The molecule has 138 valence electrons. The fourth-order valence-corrected chi connectivity index (χ4v) is 2.50. The highest BCUT2D eigenvalue weighted by atomic mass is 35.5. The second-order valence-corrected chi connectivity index (χ2v) is 5.80. The molecule has 0 spiro atoms. The van der Waals surface area contributed by atoms with Crippen molar-refractivity contribution in [2.45, 2.75) is 46.1 Å². The van der Waals surface area contributed by atoms with Crippen molar-refractivity contribution in [1.29, 1.82) is 0 Å². The van der Waals surface area contributed by atoms with Crippen LogP contribution in [0.25, 0.3) is 11.3 Å². The number of carbonyl (C=O) groups excluding carboxylic acids is 1. The van der Waals surface area contributed by atoms with E-state index in [9.17, 15) is 4.79 Å². The van der Waals surface area contributed by atoms with Crippen LogP contribution in [-0.4, -0.2) is 19.1 Å². The Morgan fingerprint density at radius 1 is 1.04 bits per heavy atom. The number of nitrogens with one attached hydrogen (secondary N) is 1. The predicted molar refractivity (Wildman–Crippen MR) is 103 cm³/mol. The molecule has 0 radical (unpaired) electrons. The van der Waals surface area contributed by atoms with Gasteiger partial charge in [-0.2, -0.15) is 0 Å². The van der Waals surface area contributed by atoms with Crippen LogP contribution < -0.4 is 5.32 Å². The maximum atomic E-state index is 11.7. The minimum absolute atomic E-state index is 0. The minimum atomic E-state index is -0.295. The number of furan rings is 1. The summed E-state index contributed by atoms with van der Waals surface area (Å²) in [6.45, 7) is 6.16. The summed E-state index contributed by atoms with van der Waals surface area (Å²) < 4.78 is 10.9. The van der Waals surface area contributed by atoms with E-state index in [1.165, 1.54) is 25.7 Å². The first-order valence-electron chi connectivity index (χ1n) is 8.81. The quantitative estimate of drug-likeness (QED) is 0.463. The van der Waals surface area contributed by atoms with Gasteiger partial charge in [0.2, 0.25) is 0 Å². The maximum absolute atomic E-state index is 11.7. The lowest BCUT2D eigenvalue weighted by molar-refractivity contribution is 0.0526. The topological polar surface area (TPSA) is 51.5 Å². The largest absolute Gasteiger partial charge is 0.462 e. The second kappa shape index (κ2) is 11.7. The van der Waals surface area contributed by atoms with Gasteiger partial charge in [0.15, 0.2) is 0 Å². The van der Waals surface area contributed by atoms with E-state index in [4.69, 9.17) is 9.15 Å². The lowest BCUT2D eigenvalue weighted by atomic mass is 10.1. The number of hydrogen-bond donors (Lipinski definition) is 1. The molecule has 1 aromatic heterocycles. The van der Waals surface area contributed by atoms with Gasteiger partial charge in [0.25, 0.3) is 0 Å². The molecule has 0 bridgehead atoms. The van der Waals surface area contributed by atoms with Crippen molar-refractivity contribution in [3.8, 4) is 11.3 Å². The number of ether oxygens (including phenoxy) is 1. The zero-order valence-corrected chi connectivity index (χ0v) is 15.9. The van der Waals surface area contributed by atoms with Gasteiger partial charge in [-0.25, -0.2) is 4.79 Å². The number of esters is 1. The molecule has 1 aromatic carbocycles. The summed E-state index contributed by atoms with van der Waals surface area (Å²) >= 11 is 0. The zero-order valence-electron chi connectivity index (χ0n) is 15.0. The van der Waals surface area contributed by atoms with Crippen LogP contribution in [0.3, 0.4) is 0 Å². The lowest BCUT2D eigenvalue weighted by Crippen LogP contribution is -2.14. The first-order chi connectivity index (χ1) is 11.7. The SMILES string of the molecule is CCCCCCNCc1ccc(-c2ccc(C(=O)OCC)cc2)o1.Cl. The summed E-state index contributed by atoms with van der Waals surface area (Å²) in [5, 5.41) is 3.41. The molecule has 0 saturated heterocycles. The predicted octanol–water partition coefficient (Wildman–Crippen LogP) is 5.22. The van der Waals surface area contributed by atoms with Crippen LogP contribution >= 0.6 is 12.4 Å². The Morgan fingerprint density at radius 2 is 1.80 bits per heavy atom. The van der Waals surface area contributed by atoms with Crippen LogP contribution in [0.4, 0.5) is 0 Å². The van der Waals surface area contributed by atoms with Crippen LogP contribution in [0.5, 0.6) is 0 Å². The molecular formula is C20H28ClNO3. The van der Waals surface area contributed by atoms with Crippen molar-refractivity contribution >= 4 is 18.4 Å². The molecule has 5 heteroatoms. The maximum Gasteiger partial charge on any atom is 0.338 e. The third-order valence-electron chi connectivity index (χ3n) is 3.85. The number of rotatable bonds is 10. The van der Waals surface area contributed by atoms with Crippen LogP contribution in [0.2, 0.25) is 0 Å². The zero-order chi connectivity index (χ0) is 17.2. The van der Waals surface area contributed by atoms with E-state index in [2.05, 4.69) is 12.2 Å². The first kappa shape index (κ1) is 21.3. The van der Waals surface area contributed by atoms with E-state index in [1.807, 2.05) is 24.3 Å². The first-order valence-corrected chi connectivity index (χ1v) is 8.81. The normalized spacial score (nSPS) is 10.3. The summed E-state index contributed by atoms with van der Waals surface area (Å²) in [5.74, 6) is 1.44. The Hall–Kier alpha value is -1.78. The number of unbranched alkanes of at least 4 members (excludes halogenated alkanes) is 3. The molecule has 0 amide bonds. The van der Waals surface area contributed by atoms with Crippen LogP contribution in [0.1, 0.15) is 55.6 Å². The van der Waals surface area contributed by atoms with Crippen LogP contribution in [0.15, 0.2) is 40.8 Å². The Bertz CT molecular complexity index is 622. The molecule has 0 fully saturated rings. The Kier molecular flexibility index (Phi) is 9.97. The number of benzene rings is 1. The number of hydrogen-bond acceptors (Lipinski definition) is 4. The average Bonchev–Trinajstić information content (AvgIpc) is 3.07. The highest BCUT2D eigenvalue weighted by Gasteiger charge is 2.08. The molecule has 4 nitrogen and oxygen atoms in total. The Balaban J connectivity index is 0.00000312. The molecule has 2 aromatic rings. The van der Waals surface area contributed by atoms with Crippen LogP contribution in [0, 0.1) is 0 Å². The van der Waals surface area contributed by atoms with E-state index < -0.39 is 0 Å². The van der Waals surface area contributed by atoms with Gasteiger partial charge in [0, 0.05) is 5.56 Å². The molecule has 0 aliphatic carbocycles. The summed E-state index contributed by atoms with van der Waals surface area (Å²) in [4.78, 5) is 11.7. The third kappa shape index (κ3) is 6.92. The van der Waals surface area contributed by atoms with Gasteiger partial charge < -0.3 is 14.5 Å². The molecule has 1 heterocycles. The molecule has 2 rings (SSSR count). The van der Waals surface area contributed by atoms with Crippen molar-refractivity contribution in [2.75, 3.05) is 13.2 Å². The molecule has 0 aliphatic heterocycles. The second-order valence-electron chi connectivity index (χ2n) is 5.80. The van der Waals surface area contributed by atoms with Crippen molar-refractivity contribution in [1.82, 2.24) is 5.32 Å². The number of halogens is 1. The Labute approximate surface area is 156 Å². The summed E-state index contributed by atoms with van der Waals surface area (Å²) in [5.41, 5.74) is 1.51. The van der Waals surface area contributed by atoms with Gasteiger partial charge in [-0.15, -0.1) is 12.4 Å². The smallest absolute Gasteiger partial charge is 0.338 e. The molecule has 0 aliphatic rings. The van der Waals surface area contributed by atoms with Crippen molar-refractivity contribution < 1.29 is 13.9 Å². The lowest BCUT2D eigenvalue weighted by Gasteiger charge is -2.03. The summed E-state index contributed by atoms with van der Waals surface area (Å²) in [6, 6.07) is 11.3. The van der Waals surface area contributed by atoms with Crippen molar-refractivity contribution in [3.05, 3.63) is 47.7 Å². The molecule has 1 N–H and O–H groups in total. The fourth-order valence-electron chi connectivity index (χ4n) is 2.50. The van der Waals surface area contributed by atoms with E-state index in [-0.39, 0.29) is 18.4 Å². The molecular weight excluding hydrogens is 338 g/mol. The van der Waals surface area contributed by atoms with E-state index >= 15 is 0 Å². The molecule has 25 heavy (non-hydrogen) atoms. The van der Waals surface area contributed by atoms with Gasteiger partial charge in [-0.05, 0) is 44.2 Å². The van der Waals surface area contributed by atoms with Gasteiger partial charge in [-0.1, -0.05) is 38.3 Å². The highest BCUT2D eigenvalue weighted by molar-refractivity contribution is 5.89. The van der Waals surface area contributed by atoms with Gasteiger partial charge in [0.05, 0.1) is 18.7 Å². The molecule has 0 atom stereocenters. The number of carbonyl (C=O) groups is 1. The van der Waals surface area contributed by atoms with E-state index in [1.54, 1.807) is 19.1 Å². The van der Waals surface area contributed by atoms with Gasteiger partial charge in [-0.3, -0.25) is 0 Å². The van der Waals surface area contributed by atoms with Crippen LogP contribution in [-0.2, 0) is 11.3 Å².